The van der Waals surface area contributed by atoms with E-state index in [1.54, 1.807) is 0 Å². The van der Waals surface area contributed by atoms with E-state index in [0.29, 0.717) is 0 Å². The average molecular weight is 121 g/mol. The van der Waals surface area contributed by atoms with E-state index < -0.39 is 0 Å². The Labute approximate surface area is 48.1 Å². The molecule has 0 saturated carbocycles. The van der Waals surface area contributed by atoms with Crippen molar-refractivity contribution in [1.29, 1.82) is 0 Å². The highest BCUT2D eigenvalue weighted by Gasteiger charge is 1.68. The molecular formula is C4H7ClNO. The highest BCUT2D eigenvalue weighted by Crippen LogP contribution is 1.78. The maximum atomic E-state index is 5.08. The van der Waals surface area contributed by atoms with Gasteiger partial charge in [0, 0.05) is 0 Å². The van der Waals surface area contributed by atoms with Gasteiger partial charge < -0.3 is 4.84 Å². The summed E-state index contributed by atoms with van der Waals surface area (Å²) < 4.78 is 0. The fraction of sp³-hybridized carbons (Fsp3) is 0.750. The monoisotopic (exact) mass is 120 g/mol. The zero-order chi connectivity index (χ0) is 5.54. The number of alkyl halides is 1. The smallest absolute Gasteiger partial charge is 0.190 e. The first-order chi connectivity index (χ1) is 3.41. The van der Waals surface area contributed by atoms with Gasteiger partial charge in [0.25, 0.3) is 0 Å². The molecule has 0 aromatic carbocycles. The van der Waals surface area contributed by atoms with Crippen LogP contribution < -0.4 is 0 Å². The Bertz CT molecular complexity index is 55.7. The molecule has 0 aromatic rings. The van der Waals surface area contributed by atoms with Crippen LogP contribution in [0.15, 0.2) is 5.16 Å². The van der Waals surface area contributed by atoms with Crippen molar-refractivity contribution < 1.29 is 4.84 Å². The van der Waals surface area contributed by atoms with Crippen LogP contribution in [0.4, 0.5) is 0 Å². The van der Waals surface area contributed by atoms with Crippen molar-refractivity contribution >= 4 is 17.8 Å². The summed E-state index contributed by atoms with van der Waals surface area (Å²) >= 11 is 5.08. The van der Waals surface area contributed by atoms with Crippen molar-refractivity contribution in [2.24, 2.45) is 5.16 Å². The van der Waals surface area contributed by atoms with Crippen molar-refractivity contribution in [3.8, 4) is 0 Å². The van der Waals surface area contributed by atoms with Crippen LogP contribution in [-0.4, -0.2) is 12.3 Å². The molecule has 2 nitrogen and oxygen atoms in total. The van der Waals surface area contributed by atoms with Gasteiger partial charge in [-0.15, -0.1) is 0 Å². The Balaban J connectivity index is 2.78. The lowest BCUT2D eigenvalue weighted by atomic mass is 10.6. The Kier molecular flexibility index (Phi) is 5.56. The van der Waals surface area contributed by atoms with E-state index in [9.17, 15) is 0 Å². The van der Waals surface area contributed by atoms with Gasteiger partial charge in [-0.2, -0.15) is 0 Å². The quantitative estimate of drug-likeness (QED) is 0.314. The SMILES string of the molecule is CC/[C]=N/OCCl. The molecule has 1 radical (unpaired) electrons. The van der Waals surface area contributed by atoms with Gasteiger partial charge in [0.1, 0.15) is 6.21 Å². The zero-order valence-electron chi connectivity index (χ0n) is 4.15. The van der Waals surface area contributed by atoms with Crippen LogP contribution in [0.25, 0.3) is 0 Å². The summed E-state index contributed by atoms with van der Waals surface area (Å²) in [7, 11) is 0. The third kappa shape index (κ3) is 5.76. The topological polar surface area (TPSA) is 21.6 Å². The third-order valence-electron chi connectivity index (χ3n) is 0.336. The number of nitrogens with zero attached hydrogens (tertiary/aromatic N) is 1. The van der Waals surface area contributed by atoms with E-state index in [2.05, 4.69) is 16.2 Å². The lowest BCUT2D eigenvalue weighted by Gasteiger charge is -1.83. The van der Waals surface area contributed by atoms with Crippen LogP contribution in [0.1, 0.15) is 13.3 Å². The molecule has 0 rings (SSSR count). The van der Waals surface area contributed by atoms with Gasteiger partial charge >= 0.3 is 0 Å². The van der Waals surface area contributed by atoms with E-state index in [1.807, 2.05) is 6.92 Å². The molecule has 0 spiro atoms. The summed E-state index contributed by atoms with van der Waals surface area (Å²) in [5.41, 5.74) is 0. The summed E-state index contributed by atoms with van der Waals surface area (Å²) in [4.78, 5) is 4.35. The van der Waals surface area contributed by atoms with Crippen LogP contribution in [-0.2, 0) is 4.84 Å². The molecule has 0 aliphatic carbocycles. The minimum absolute atomic E-state index is 0.104. The summed E-state index contributed by atoms with van der Waals surface area (Å²) in [5.74, 6) is 0. The second-order valence-corrected chi connectivity index (χ2v) is 1.06. The normalized spacial score (nSPS) is 10.0. The van der Waals surface area contributed by atoms with E-state index in [1.165, 1.54) is 0 Å². The van der Waals surface area contributed by atoms with Crippen LogP contribution in [0.5, 0.6) is 0 Å². The summed E-state index contributed by atoms with van der Waals surface area (Å²) in [6.07, 6.45) is 3.33. The second kappa shape index (κ2) is 5.76. The molecule has 0 heterocycles. The highest BCUT2D eigenvalue weighted by molar-refractivity contribution is 6.17. The van der Waals surface area contributed by atoms with Gasteiger partial charge in [-0.05, 0) is 6.42 Å². The summed E-state index contributed by atoms with van der Waals surface area (Å²) in [5, 5.41) is 3.33. The molecule has 0 aliphatic rings. The number of halogens is 1. The van der Waals surface area contributed by atoms with Crippen molar-refractivity contribution in [2.75, 3.05) is 6.07 Å². The fourth-order valence-corrected chi connectivity index (χ4v) is 0.183. The minimum atomic E-state index is 0.104. The fourth-order valence-electron chi connectivity index (χ4n) is 0.135. The van der Waals surface area contributed by atoms with Crippen molar-refractivity contribution in [3.05, 3.63) is 0 Å². The molecule has 0 unspecified atom stereocenters. The van der Waals surface area contributed by atoms with E-state index in [-0.39, 0.29) is 6.07 Å². The third-order valence-corrected chi connectivity index (χ3v) is 0.434. The molecule has 0 atom stereocenters. The Morgan fingerprint density at radius 2 is 2.57 bits per heavy atom. The standard InChI is InChI=1S/C4H7ClNO/c1-2-3-6-7-4-5/h2,4H2,1H3. The number of hydrogen-bond donors (Lipinski definition) is 0. The molecule has 7 heavy (non-hydrogen) atoms. The van der Waals surface area contributed by atoms with E-state index >= 15 is 0 Å². The Morgan fingerprint density at radius 1 is 1.86 bits per heavy atom. The van der Waals surface area contributed by atoms with Gasteiger partial charge in [-0.25, -0.2) is 0 Å². The van der Waals surface area contributed by atoms with Gasteiger partial charge in [0.15, 0.2) is 6.07 Å². The summed E-state index contributed by atoms with van der Waals surface area (Å²) in [6.45, 7) is 1.92. The first kappa shape index (κ1) is 6.76. The first-order valence-electron chi connectivity index (χ1n) is 2.02. The second-order valence-electron chi connectivity index (χ2n) is 0.841. The molecule has 0 aliphatic heterocycles. The minimum Gasteiger partial charge on any atom is -0.379 e. The van der Waals surface area contributed by atoms with Crippen LogP contribution in [0, 0.1) is 0 Å². The maximum absolute atomic E-state index is 5.08. The lowest BCUT2D eigenvalue weighted by Crippen LogP contribution is -1.75. The highest BCUT2D eigenvalue weighted by atomic mass is 35.5. The lowest BCUT2D eigenvalue weighted by molar-refractivity contribution is 0.194. The van der Waals surface area contributed by atoms with E-state index in [4.69, 9.17) is 11.6 Å². The number of hydrogen-bond acceptors (Lipinski definition) is 2. The zero-order valence-corrected chi connectivity index (χ0v) is 4.90. The largest absolute Gasteiger partial charge is 0.379 e. The molecule has 41 valence electrons. The van der Waals surface area contributed by atoms with Gasteiger partial charge in [0.2, 0.25) is 0 Å². The first-order valence-corrected chi connectivity index (χ1v) is 2.56. The van der Waals surface area contributed by atoms with Crippen LogP contribution >= 0.6 is 11.6 Å². The molecule has 0 fully saturated rings. The average Bonchev–Trinajstić information content (AvgIpc) is 1.69. The molecule has 0 bridgehead atoms. The molecule has 0 amide bonds. The van der Waals surface area contributed by atoms with E-state index in [0.717, 1.165) is 6.42 Å². The predicted molar refractivity (Wildman–Crippen MR) is 29.5 cm³/mol. The Morgan fingerprint density at radius 3 is 3.00 bits per heavy atom. The van der Waals surface area contributed by atoms with Crippen molar-refractivity contribution in [2.45, 2.75) is 13.3 Å². The van der Waals surface area contributed by atoms with Gasteiger partial charge in [0.05, 0.1) is 0 Å². The Hall–Kier alpha value is -0.240. The molecular weight excluding hydrogens is 114 g/mol. The predicted octanol–water partition coefficient (Wildman–Crippen LogP) is 1.47. The summed E-state index contributed by atoms with van der Waals surface area (Å²) in [6, 6.07) is 0.104. The van der Waals surface area contributed by atoms with Gasteiger partial charge in [-0.1, -0.05) is 23.7 Å². The number of rotatable bonds is 3. The molecule has 0 N–H and O–H groups in total. The van der Waals surface area contributed by atoms with Gasteiger partial charge in [-0.3, -0.25) is 0 Å². The molecule has 0 saturated heterocycles. The van der Waals surface area contributed by atoms with Crippen molar-refractivity contribution in [3.63, 3.8) is 0 Å². The van der Waals surface area contributed by atoms with Crippen LogP contribution in [0.2, 0.25) is 0 Å². The van der Waals surface area contributed by atoms with Crippen molar-refractivity contribution in [1.82, 2.24) is 0 Å². The molecule has 0 aromatic heterocycles. The maximum Gasteiger partial charge on any atom is 0.190 e. The molecule has 3 heteroatoms. The van der Waals surface area contributed by atoms with Crippen LogP contribution in [0.3, 0.4) is 0 Å².